The minimum atomic E-state index is -0.122. The third-order valence-electron chi connectivity index (χ3n) is 3.33. The van der Waals surface area contributed by atoms with E-state index in [2.05, 4.69) is 5.32 Å². The number of methoxy groups -OCH3 is 1. The van der Waals surface area contributed by atoms with E-state index in [1.165, 1.54) is 0 Å². The molecule has 0 bridgehead atoms. The number of nitrogens with one attached hydrogen (secondary N) is 1. The van der Waals surface area contributed by atoms with Crippen molar-refractivity contribution in [2.24, 2.45) is 5.92 Å². The van der Waals surface area contributed by atoms with Crippen molar-refractivity contribution in [2.45, 2.75) is 38.5 Å². The first-order valence-electron chi connectivity index (χ1n) is 6.25. The molecule has 1 aliphatic rings. The molecule has 2 unspecified atom stereocenters. The average molecular weight is 239 g/mol. The lowest BCUT2D eigenvalue weighted by molar-refractivity contribution is 0.131. The molecule has 1 aliphatic carbocycles. The summed E-state index contributed by atoms with van der Waals surface area (Å²) in [5.41, 5.74) is 0. The Morgan fingerprint density at radius 2 is 2.24 bits per heavy atom. The van der Waals surface area contributed by atoms with Crippen molar-refractivity contribution in [3.63, 3.8) is 0 Å². The molecule has 1 aromatic rings. The van der Waals surface area contributed by atoms with E-state index < -0.39 is 0 Å². The van der Waals surface area contributed by atoms with E-state index in [9.17, 15) is 5.11 Å². The fourth-order valence-electron chi connectivity index (χ4n) is 2.37. The molecule has 1 fully saturated rings. The zero-order chi connectivity index (χ0) is 12.1. The van der Waals surface area contributed by atoms with Crippen LogP contribution < -0.4 is 5.32 Å². The van der Waals surface area contributed by atoms with E-state index in [4.69, 9.17) is 9.15 Å². The van der Waals surface area contributed by atoms with E-state index in [0.29, 0.717) is 19.1 Å². The Kier molecular flexibility index (Phi) is 4.59. The normalized spacial score (nSPS) is 24.4. The lowest BCUT2D eigenvalue weighted by Crippen LogP contribution is -2.27. The molecule has 0 aromatic carbocycles. The predicted octanol–water partition coefficient (Wildman–Crippen LogP) is 1.68. The van der Waals surface area contributed by atoms with Crippen molar-refractivity contribution in [1.29, 1.82) is 0 Å². The van der Waals surface area contributed by atoms with Crippen molar-refractivity contribution in [3.05, 3.63) is 23.7 Å². The van der Waals surface area contributed by atoms with Gasteiger partial charge in [0.2, 0.25) is 0 Å². The first-order chi connectivity index (χ1) is 8.29. The van der Waals surface area contributed by atoms with Gasteiger partial charge in [-0.25, -0.2) is 0 Å². The van der Waals surface area contributed by atoms with Gasteiger partial charge in [0.1, 0.15) is 18.1 Å². The van der Waals surface area contributed by atoms with Crippen molar-refractivity contribution < 1.29 is 14.3 Å². The van der Waals surface area contributed by atoms with Gasteiger partial charge in [-0.3, -0.25) is 0 Å². The van der Waals surface area contributed by atoms with Crippen molar-refractivity contribution >= 4 is 0 Å². The third-order valence-corrected chi connectivity index (χ3v) is 3.33. The van der Waals surface area contributed by atoms with Gasteiger partial charge in [0.05, 0.1) is 12.6 Å². The van der Waals surface area contributed by atoms with Gasteiger partial charge in [0.25, 0.3) is 0 Å². The summed E-state index contributed by atoms with van der Waals surface area (Å²) in [7, 11) is 1.65. The van der Waals surface area contributed by atoms with E-state index in [-0.39, 0.29) is 6.10 Å². The number of hydrogen-bond donors (Lipinski definition) is 2. The Bertz CT molecular complexity index is 337. The van der Waals surface area contributed by atoms with Gasteiger partial charge >= 0.3 is 0 Å². The van der Waals surface area contributed by atoms with Crippen LogP contribution in [0.2, 0.25) is 0 Å². The largest absolute Gasteiger partial charge is 0.462 e. The second-order valence-corrected chi connectivity index (χ2v) is 4.69. The topological polar surface area (TPSA) is 54.6 Å². The molecule has 2 rings (SSSR count). The van der Waals surface area contributed by atoms with E-state index in [0.717, 1.165) is 37.3 Å². The lowest BCUT2D eigenvalue weighted by Gasteiger charge is -2.14. The maximum atomic E-state index is 9.68. The Morgan fingerprint density at radius 1 is 1.41 bits per heavy atom. The monoisotopic (exact) mass is 239 g/mol. The fourth-order valence-corrected chi connectivity index (χ4v) is 2.37. The van der Waals surface area contributed by atoms with Gasteiger partial charge in [-0.05, 0) is 30.9 Å². The summed E-state index contributed by atoms with van der Waals surface area (Å²) in [5, 5.41) is 13.0. The van der Waals surface area contributed by atoms with Crippen molar-refractivity contribution in [1.82, 2.24) is 5.32 Å². The molecule has 0 saturated heterocycles. The molecule has 2 N–H and O–H groups in total. The number of hydrogen-bond acceptors (Lipinski definition) is 4. The van der Waals surface area contributed by atoms with Crippen LogP contribution in [0.3, 0.4) is 0 Å². The van der Waals surface area contributed by atoms with Gasteiger partial charge in [0, 0.05) is 13.7 Å². The summed E-state index contributed by atoms with van der Waals surface area (Å²) < 4.78 is 10.6. The molecule has 1 heterocycles. The molecular formula is C13H21NO3. The van der Waals surface area contributed by atoms with E-state index in [1.807, 2.05) is 12.1 Å². The highest BCUT2D eigenvalue weighted by Gasteiger charge is 2.24. The summed E-state index contributed by atoms with van der Waals surface area (Å²) in [6.45, 7) is 2.09. The lowest BCUT2D eigenvalue weighted by atomic mass is 10.1. The number of furan rings is 1. The molecule has 0 spiro atoms. The van der Waals surface area contributed by atoms with Crippen LogP contribution in [0.1, 0.15) is 30.8 Å². The number of aliphatic hydroxyl groups is 1. The first kappa shape index (κ1) is 12.6. The average Bonchev–Trinajstić information content (AvgIpc) is 2.90. The van der Waals surface area contributed by atoms with Crippen LogP contribution >= 0.6 is 0 Å². The SMILES string of the molecule is COCc1ccc(CNCC2CCCC2O)o1. The molecule has 17 heavy (non-hydrogen) atoms. The van der Waals surface area contributed by atoms with Crippen LogP contribution in [0.5, 0.6) is 0 Å². The maximum Gasteiger partial charge on any atom is 0.129 e. The molecule has 0 amide bonds. The second kappa shape index (κ2) is 6.19. The van der Waals surface area contributed by atoms with Crippen LogP contribution in [0.25, 0.3) is 0 Å². The molecule has 1 aromatic heterocycles. The Morgan fingerprint density at radius 3 is 2.94 bits per heavy atom. The van der Waals surface area contributed by atoms with Gasteiger partial charge < -0.3 is 19.6 Å². The third kappa shape index (κ3) is 3.56. The fraction of sp³-hybridized carbons (Fsp3) is 0.692. The highest BCUT2D eigenvalue weighted by atomic mass is 16.5. The van der Waals surface area contributed by atoms with Crippen molar-refractivity contribution in [2.75, 3.05) is 13.7 Å². The highest BCUT2D eigenvalue weighted by molar-refractivity contribution is 5.06. The number of ether oxygens (including phenoxy) is 1. The standard InChI is InChI=1S/C13H21NO3/c1-16-9-12-6-5-11(17-12)8-14-7-10-3-2-4-13(10)15/h5-6,10,13-15H,2-4,7-9H2,1H3. The smallest absolute Gasteiger partial charge is 0.129 e. The minimum Gasteiger partial charge on any atom is -0.462 e. The highest BCUT2D eigenvalue weighted by Crippen LogP contribution is 2.24. The Balaban J connectivity index is 1.70. The molecule has 4 nitrogen and oxygen atoms in total. The zero-order valence-corrected chi connectivity index (χ0v) is 10.3. The summed E-state index contributed by atoms with van der Waals surface area (Å²) in [6.07, 6.45) is 3.10. The maximum absolute atomic E-state index is 9.68. The van der Waals surface area contributed by atoms with Gasteiger partial charge in [-0.1, -0.05) is 6.42 Å². The van der Waals surface area contributed by atoms with Gasteiger partial charge in [-0.15, -0.1) is 0 Å². The molecule has 2 atom stereocenters. The summed E-state index contributed by atoms with van der Waals surface area (Å²) >= 11 is 0. The summed E-state index contributed by atoms with van der Waals surface area (Å²) in [4.78, 5) is 0. The Labute approximate surface area is 102 Å². The van der Waals surface area contributed by atoms with E-state index in [1.54, 1.807) is 7.11 Å². The molecule has 0 aliphatic heterocycles. The van der Waals surface area contributed by atoms with Crippen LogP contribution in [-0.4, -0.2) is 24.9 Å². The van der Waals surface area contributed by atoms with Crippen LogP contribution in [-0.2, 0) is 17.9 Å². The van der Waals surface area contributed by atoms with Crippen LogP contribution in [0.15, 0.2) is 16.5 Å². The minimum absolute atomic E-state index is 0.122. The molecule has 1 saturated carbocycles. The number of aliphatic hydroxyl groups excluding tert-OH is 1. The van der Waals surface area contributed by atoms with E-state index >= 15 is 0 Å². The van der Waals surface area contributed by atoms with Gasteiger partial charge in [-0.2, -0.15) is 0 Å². The Hall–Kier alpha value is -0.840. The first-order valence-corrected chi connectivity index (χ1v) is 6.25. The zero-order valence-electron chi connectivity index (χ0n) is 10.3. The molecule has 4 heteroatoms. The molecular weight excluding hydrogens is 218 g/mol. The number of rotatable bonds is 6. The van der Waals surface area contributed by atoms with Crippen molar-refractivity contribution in [3.8, 4) is 0 Å². The quantitative estimate of drug-likeness (QED) is 0.793. The van der Waals surface area contributed by atoms with Crippen LogP contribution in [0.4, 0.5) is 0 Å². The summed E-state index contributed by atoms with van der Waals surface area (Å²) in [5.74, 6) is 2.18. The molecule has 0 radical (unpaired) electrons. The predicted molar refractivity (Wildman–Crippen MR) is 64.5 cm³/mol. The molecule has 96 valence electrons. The summed E-state index contributed by atoms with van der Waals surface area (Å²) in [6, 6.07) is 3.90. The van der Waals surface area contributed by atoms with Crippen LogP contribution in [0, 0.1) is 5.92 Å². The van der Waals surface area contributed by atoms with Gasteiger partial charge in [0.15, 0.2) is 0 Å². The second-order valence-electron chi connectivity index (χ2n) is 4.69.